The molecule has 1 saturated heterocycles. The number of nitrogens with zero attached hydrogens (tertiary/aromatic N) is 1. The molecule has 2 rings (SSSR count). The van der Waals surface area contributed by atoms with E-state index in [9.17, 15) is 13.2 Å². The minimum Gasteiger partial charge on any atom is -0.496 e. The highest BCUT2D eigenvalue weighted by Crippen LogP contribution is 2.19. The zero-order valence-electron chi connectivity index (χ0n) is 13.4. The van der Waals surface area contributed by atoms with Gasteiger partial charge < -0.3 is 9.64 Å². The van der Waals surface area contributed by atoms with Gasteiger partial charge in [0, 0.05) is 30.8 Å². The van der Waals surface area contributed by atoms with Crippen LogP contribution in [0.4, 0.5) is 0 Å². The number of para-hydroxylation sites is 1. The molecule has 1 aliphatic heterocycles. The summed E-state index contributed by atoms with van der Waals surface area (Å²) in [6.07, 6.45) is 5.87. The van der Waals surface area contributed by atoms with E-state index >= 15 is 0 Å². The first-order valence-electron chi connectivity index (χ1n) is 7.46. The molecule has 1 heterocycles. The third-order valence-electron chi connectivity index (χ3n) is 3.66. The summed E-state index contributed by atoms with van der Waals surface area (Å²) >= 11 is 0. The molecule has 7 heteroatoms. The molecule has 1 aromatic carbocycles. The summed E-state index contributed by atoms with van der Waals surface area (Å²) in [6, 6.07) is 7.22. The number of hydrogen-bond donors (Lipinski definition) is 1. The van der Waals surface area contributed by atoms with Crippen LogP contribution in [0.25, 0.3) is 6.08 Å². The summed E-state index contributed by atoms with van der Waals surface area (Å²) in [5.41, 5.74) is 0.825. The van der Waals surface area contributed by atoms with Crippen LogP contribution in [0.3, 0.4) is 0 Å². The van der Waals surface area contributed by atoms with Crippen molar-refractivity contribution in [1.29, 1.82) is 0 Å². The van der Waals surface area contributed by atoms with Crippen LogP contribution in [0.1, 0.15) is 18.4 Å². The number of rotatable bonds is 5. The number of methoxy groups -OCH3 is 1. The second kappa shape index (κ2) is 7.61. The molecule has 1 unspecified atom stereocenters. The lowest BCUT2D eigenvalue weighted by atomic mass is 10.1. The molecule has 0 radical (unpaired) electrons. The molecule has 23 heavy (non-hydrogen) atoms. The molecular formula is C16H22N2O4S. The molecule has 0 aliphatic carbocycles. The number of benzene rings is 1. The first kappa shape index (κ1) is 17.5. The van der Waals surface area contributed by atoms with Crippen molar-refractivity contribution in [2.45, 2.75) is 18.9 Å². The molecule has 0 spiro atoms. The predicted octanol–water partition coefficient (Wildman–Crippen LogP) is 1.25. The summed E-state index contributed by atoms with van der Waals surface area (Å²) < 4.78 is 30.4. The van der Waals surface area contributed by atoms with Crippen molar-refractivity contribution in [2.24, 2.45) is 0 Å². The maximum Gasteiger partial charge on any atom is 0.246 e. The fourth-order valence-electron chi connectivity index (χ4n) is 2.65. The number of likely N-dealkylation sites (tertiary alicyclic amines) is 1. The fraction of sp³-hybridized carbons (Fsp3) is 0.438. The Morgan fingerprint density at radius 2 is 2.13 bits per heavy atom. The number of ether oxygens (including phenoxy) is 1. The van der Waals surface area contributed by atoms with Crippen LogP contribution in [-0.2, 0) is 14.8 Å². The normalized spacial score (nSPS) is 19.0. The minimum atomic E-state index is -3.26. The Bertz CT molecular complexity index is 685. The van der Waals surface area contributed by atoms with Crippen LogP contribution in [0.15, 0.2) is 30.3 Å². The van der Waals surface area contributed by atoms with Gasteiger partial charge in [0.05, 0.1) is 13.4 Å². The number of nitrogens with one attached hydrogen (secondary N) is 1. The van der Waals surface area contributed by atoms with Crippen LogP contribution in [0, 0.1) is 0 Å². The van der Waals surface area contributed by atoms with Gasteiger partial charge in [-0.05, 0) is 25.0 Å². The highest BCUT2D eigenvalue weighted by Gasteiger charge is 2.24. The van der Waals surface area contributed by atoms with Gasteiger partial charge in [-0.15, -0.1) is 0 Å². The molecule has 1 N–H and O–H groups in total. The van der Waals surface area contributed by atoms with Crippen molar-refractivity contribution in [3.8, 4) is 5.75 Å². The van der Waals surface area contributed by atoms with Crippen molar-refractivity contribution in [3.05, 3.63) is 35.9 Å². The number of carbonyl (C=O) groups excluding carboxylic acids is 1. The Kier molecular flexibility index (Phi) is 5.79. The molecule has 126 valence electrons. The fourth-order valence-corrected chi connectivity index (χ4v) is 3.44. The third kappa shape index (κ3) is 5.37. The van der Waals surface area contributed by atoms with Crippen molar-refractivity contribution in [3.63, 3.8) is 0 Å². The van der Waals surface area contributed by atoms with Gasteiger partial charge in [-0.25, -0.2) is 13.1 Å². The standard InChI is InChI=1S/C16H22N2O4S/c1-22-15-8-4-3-6-13(15)9-10-16(19)18-11-5-7-14(12-18)17-23(2,20)21/h3-4,6,8-10,14,17H,5,7,11-12H2,1-2H3. The largest absolute Gasteiger partial charge is 0.496 e. The van der Waals surface area contributed by atoms with Gasteiger partial charge in [0.15, 0.2) is 0 Å². The molecule has 0 saturated carbocycles. The Morgan fingerprint density at radius 1 is 1.39 bits per heavy atom. The molecule has 1 amide bonds. The summed E-state index contributed by atoms with van der Waals surface area (Å²) in [5.74, 6) is 0.572. The number of carbonyl (C=O) groups is 1. The summed E-state index contributed by atoms with van der Waals surface area (Å²) in [4.78, 5) is 14.0. The Balaban J connectivity index is 2.01. The second-order valence-corrected chi connectivity index (χ2v) is 7.37. The van der Waals surface area contributed by atoms with Crippen molar-refractivity contribution in [1.82, 2.24) is 9.62 Å². The Hall–Kier alpha value is -1.86. The zero-order valence-corrected chi connectivity index (χ0v) is 14.2. The third-order valence-corrected chi connectivity index (χ3v) is 4.42. The maximum absolute atomic E-state index is 12.3. The highest BCUT2D eigenvalue weighted by molar-refractivity contribution is 7.88. The summed E-state index contributed by atoms with van der Waals surface area (Å²) in [7, 11) is -1.68. The number of sulfonamides is 1. The van der Waals surface area contributed by atoms with Gasteiger partial charge in [-0.2, -0.15) is 0 Å². The number of hydrogen-bond acceptors (Lipinski definition) is 4. The van der Waals surface area contributed by atoms with Crippen LogP contribution in [0.2, 0.25) is 0 Å². The average molecular weight is 338 g/mol. The van der Waals surface area contributed by atoms with E-state index in [0.717, 1.165) is 24.7 Å². The topological polar surface area (TPSA) is 75.7 Å². The van der Waals surface area contributed by atoms with Gasteiger partial charge in [0.2, 0.25) is 15.9 Å². The lowest BCUT2D eigenvalue weighted by Crippen LogP contribution is -2.48. The first-order valence-corrected chi connectivity index (χ1v) is 9.35. The van der Waals surface area contributed by atoms with E-state index in [1.54, 1.807) is 18.1 Å². The second-order valence-electron chi connectivity index (χ2n) is 5.59. The van der Waals surface area contributed by atoms with Gasteiger partial charge >= 0.3 is 0 Å². The van der Waals surface area contributed by atoms with E-state index in [1.807, 2.05) is 24.3 Å². The molecular weight excluding hydrogens is 316 g/mol. The van der Waals surface area contributed by atoms with Crippen LogP contribution in [0.5, 0.6) is 5.75 Å². The van der Waals surface area contributed by atoms with Crippen molar-refractivity contribution in [2.75, 3.05) is 26.5 Å². The van der Waals surface area contributed by atoms with Crippen molar-refractivity contribution < 1.29 is 17.9 Å². The molecule has 0 aromatic heterocycles. The van der Waals surface area contributed by atoms with E-state index in [2.05, 4.69) is 4.72 Å². The van der Waals surface area contributed by atoms with Crippen LogP contribution in [-0.4, -0.2) is 51.7 Å². The van der Waals surface area contributed by atoms with E-state index in [0.29, 0.717) is 18.8 Å². The highest BCUT2D eigenvalue weighted by atomic mass is 32.2. The lowest BCUT2D eigenvalue weighted by molar-refractivity contribution is -0.127. The molecule has 1 atom stereocenters. The molecule has 1 aromatic rings. The smallest absolute Gasteiger partial charge is 0.246 e. The average Bonchev–Trinajstić information content (AvgIpc) is 2.51. The number of amides is 1. The number of piperidine rings is 1. The van der Waals surface area contributed by atoms with Crippen LogP contribution < -0.4 is 9.46 Å². The zero-order chi connectivity index (χ0) is 16.9. The summed E-state index contributed by atoms with van der Waals surface area (Å²) in [5, 5.41) is 0. The lowest BCUT2D eigenvalue weighted by Gasteiger charge is -2.32. The Morgan fingerprint density at radius 3 is 2.83 bits per heavy atom. The maximum atomic E-state index is 12.3. The molecule has 1 aliphatic rings. The SMILES string of the molecule is COc1ccccc1C=CC(=O)N1CCCC(NS(C)(=O)=O)C1. The molecule has 1 fully saturated rings. The Labute approximate surface area is 137 Å². The van der Waals surface area contributed by atoms with Crippen LogP contribution >= 0.6 is 0 Å². The predicted molar refractivity (Wildman–Crippen MR) is 89.6 cm³/mol. The van der Waals surface area contributed by atoms with Crippen molar-refractivity contribution >= 4 is 22.0 Å². The van der Waals surface area contributed by atoms with E-state index < -0.39 is 10.0 Å². The molecule has 0 bridgehead atoms. The van der Waals surface area contributed by atoms with E-state index in [4.69, 9.17) is 4.74 Å². The van der Waals surface area contributed by atoms with Gasteiger partial charge in [0.1, 0.15) is 5.75 Å². The first-order chi connectivity index (χ1) is 10.9. The molecule has 6 nitrogen and oxygen atoms in total. The monoisotopic (exact) mass is 338 g/mol. The van der Waals surface area contributed by atoms with Gasteiger partial charge in [-0.3, -0.25) is 4.79 Å². The summed E-state index contributed by atoms with van der Waals surface area (Å²) in [6.45, 7) is 1.03. The quantitative estimate of drug-likeness (QED) is 0.820. The van der Waals surface area contributed by atoms with E-state index in [1.165, 1.54) is 6.08 Å². The minimum absolute atomic E-state index is 0.129. The van der Waals surface area contributed by atoms with E-state index in [-0.39, 0.29) is 11.9 Å². The van der Waals surface area contributed by atoms with Gasteiger partial charge in [-0.1, -0.05) is 18.2 Å². The van der Waals surface area contributed by atoms with Gasteiger partial charge in [0.25, 0.3) is 0 Å².